The van der Waals surface area contributed by atoms with E-state index >= 15 is 0 Å². The van der Waals surface area contributed by atoms with E-state index in [1.54, 1.807) is 31.5 Å². The van der Waals surface area contributed by atoms with Gasteiger partial charge in [-0.15, -0.1) is 0 Å². The van der Waals surface area contributed by atoms with Crippen molar-refractivity contribution in [3.05, 3.63) is 59.2 Å². The van der Waals surface area contributed by atoms with E-state index in [-0.39, 0.29) is 11.8 Å². The standard InChI is InChI=1S/C18H19NO2/c1-21-15-9-10-18(20)14(11-15)12-19-17-8-4-6-13-5-2-3-7-16(13)17/h2-3,5,7,9-12,17,20H,4,6,8H2,1H3/t17-/m1/s1. The second kappa shape index (κ2) is 6.00. The number of ether oxygens (including phenoxy) is 1. The van der Waals surface area contributed by atoms with Crippen molar-refractivity contribution in [2.75, 3.05) is 7.11 Å². The molecule has 0 saturated carbocycles. The molecule has 3 heteroatoms. The van der Waals surface area contributed by atoms with E-state index < -0.39 is 0 Å². The molecule has 108 valence electrons. The van der Waals surface area contributed by atoms with Gasteiger partial charge in [0.2, 0.25) is 0 Å². The third-order valence-corrected chi connectivity index (χ3v) is 3.97. The molecule has 0 heterocycles. The highest BCUT2D eigenvalue weighted by atomic mass is 16.5. The molecule has 0 amide bonds. The van der Waals surface area contributed by atoms with Gasteiger partial charge in [-0.05, 0) is 48.6 Å². The maximum atomic E-state index is 9.91. The molecule has 0 unspecified atom stereocenters. The summed E-state index contributed by atoms with van der Waals surface area (Å²) >= 11 is 0. The number of methoxy groups -OCH3 is 1. The molecule has 0 bridgehead atoms. The first-order chi connectivity index (χ1) is 10.3. The Morgan fingerprint density at radius 3 is 2.95 bits per heavy atom. The quantitative estimate of drug-likeness (QED) is 0.867. The molecule has 0 aromatic heterocycles. The van der Waals surface area contributed by atoms with E-state index in [9.17, 15) is 5.11 Å². The minimum Gasteiger partial charge on any atom is -0.507 e. The van der Waals surface area contributed by atoms with Crippen LogP contribution in [0, 0.1) is 0 Å². The Hall–Kier alpha value is -2.29. The smallest absolute Gasteiger partial charge is 0.124 e. The summed E-state index contributed by atoms with van der Waals surface area (Å²) in [5.74, 6) is 0.946. The lowest BCUT2D eigenvalue weighted by Gasteiger charge is -2.22. The van der Waals surface area contributed by atoms with Crippen molar-refractivity contribution in [1.82, 2.24) is 0 Å². The number of nitrogens with zero attached hydrogens (tertiary/aromatic N) is 1. The van der Waals surface area contributed by atoms with Crippen molar-refractivity contribution < 1.29 is 9.84 Å². The highest BCUT2D eigenvalue weighted by molar-refractivity contribution is 5.84. The predicted molar refractivity (Wildman–Crippen MR) is 84.4 cm³/mol. The lowest BCUT2D eigenvalue weighted by atomic mass is 9.88. The van der Waals surface area contributed by atoms with Crippen molar-refractivity contribution in [2.45, 2.75) is 25.3 Å². The maximum absolute atomic E-state index is 9.91. The highest BCUT2D eigenvalue weighted by Crippen LogP contribution is 2.32. The largest absolute Gasteiger partial charge is 0.507 e. The summed E-state index contributed by atoms with van der Waals surface area (Å²) in [5, 5.41) is 9.91. The molecule has 1 atom stereocenters. The Morgan fingerprint density at radius 2 is 2.10 bits per heavy atom. The van der Waals surface area contributed by atoms with Gasteiger partial charge in [0.1, 0.15) is 11.5 Å². The lowest BCUT2D eigenvalue weighted by Crippen LogP contribution is -2.08. The van der Waals surface area contributed by atoms with Crippen LogP contribution >= 0.6 is 0 Å². The van der Waals surface area contributed by atoms with E-state index in [2.05, 4.69) is 24.3 Å². The summed E-state index contributed by atoms with van der Waals surface area (Å²) < 4.78 is 5.19. The van der Waals surface area contributed by atoms with Crippen LogP contribution in [-0.4, -0.2) is 18.4 Å². The Balaban J connectivity index is 1.87. The zero-order valence-corrected chi connectivity index (χ0v) is 12.1. The summed E-state index contributed by atoms with van der Waals surface area (Å²) in [6.07, 6.45) is 5.10. The predicted octanol–water partition coefficient (Wildman–Crippen LogP) is 3.90. The molecule has 21 heavy (non-hydrogen) atoms. The Kier molecular flexibility index (Phi) is 3.91. The molecule has 3 rings (SSSR count). The van der Waals surface area contributed by atoms with Crippen LogP contribution in [0.4, 0.5) is 0 Å². The second-order valence-corrected chi connectivity index (χ2v) is 5.31. The summed E-state index contributed by atoms with van der Waals surface area (Å²) in [5.41, 5.74) is 3.39. The zero-order valence-electron chi connectivity index (χ0n) is 12.1. The monoisotopic (exact) mass is 281 g/mol. The van der Waals surface area contributed by atoms with Crippen LogP contribution in [0.15, 0.2) is 47.5 Å². The van der Waals surface area contributed by atoms with E-state index in [0.717, 1.165) is 25.0 Å². The third kappa shape index (κ3) is 2.92. The SMILES string of the molecule is COc1ccc(O)c(C=N[C@@H]2CCCc3ccccc32)c1. The fourth-order valence-corrected chi connectivity index (χ4v) is 2.82. The summed E-state index contributed by atoms with van der Waals surface area (Å²) in [6, 6.07) is 13.8. The molecule has 0 aliphatic heterocycles. The summed E-state index contributed by atoms with van der Waals surface area (Å²) in [7, 11) is 1.62. The molecule has 1 aliphatic rings. The normalized spacial score (nSPS) is 17.7. The third-order valence-electron chi connectivity index (χ3n) is 3.97. The van der Waals surface area contributed by atoms with Crippen LogP contribution in [0.3, 0.4) is 0 Å². The molecule has 0 saturated heterocycles. The highest BCUT2D eigenvalue weighted by Gasteiger charge is 2.18. The Labute approximate surface area is 124 Å². The van der Waals surface area contributed by atoms with Crippen molar-refractivity contribution in [1.29, 1.82) is 0 Å². The van der Waals surface area contributed by atoms with Crippen LogP contribution < -0.4 is 4.74 Å². The number of aromatic hydroxyl groups is 1. The van der Waals surface area contributed by atoms with E-state index in [1.165, 1.54) is 11.1 Å². The van der Waals surface area contributed by atoms with Crippen LogP contribution in [0.1, 0.15) is 35.6 Å². The van der Waals surface area contributed by atoms with Gasteiger partial charge in [0.25, 0.3) is 0 Å². The number of aliphatic imine (C=N–C) groups is 1. The van der Waals surface area contributed by atoms with Gasteiger partial charge in [0.15, 0.2) is 0 Å². The molecule has 3 nitrogen and oxygen atoms in total. The molecule has 0 fully saturated rings. The fraction of sp³-hybridized carbons (Fsp3) is 0.278. The van der Waals surface area contributed by atoms with Gasteiger partial charge in [-0.3, -0.25) is 4.99 Å². The van der Waals surface area contributed by atoms with Gasteiger partial charge in [0, 0.05) is 11.8 Å². The maximum Gasteiger partial charge on any atom is 0.124 e. The fourth-order valence-electron chi connectivity index (χ4n) is 2.82. The molecular formula is C18H19NO2. The topological polar surface area (TPSA) is 41.8 Å². The van der Waals surface area contributed by atoms with Crippen molar-refractivity contribution in [3.63, 3.8) is 0 Å². The number of phenolic OH excluding ortho intramolecular Hbond substituents is 1. The number of benzene rings is 2. The number of hydrogen-bond acceptors (Lipinski definition) is 3. The average Bonchev–Trinajstić information content (AvgIpc) is 2.54. The molecule has 0 radical (unpaired) electrons. The van der Waals surface area contributed by atoms with Gasteiger partial charge >= 0.3 is 0 Å². The first-order valence-electron chi connectivity index (χ1n) is 7.26. The van der Waals surface area contributed by atoms with Gasteiger partial charge in [-0.2, -0.15) is 0 Å². The van der Waals surface area contributed by atoms with E-state index in [4.69, 9.17) is 9.73 Å². The number of hydrogen-bond donors (Lipinski definition) is 1. The number of fused-ring (bicyclic) bond motifs is 1. The summed E-state index contributed by atoms with van der Waals surface area (Å²) in [6.45, 7) is 0. The molecule has 2 aromatic carbocycles. The van der Waals surface area contributed by atoms with Gasteiger partial charge in [0.05, 0.1) is 13.2 Å². The van der Waals surface area contributed by atoms with Crippen LogP contribution in [-0.2, 0) is 6.42 Å². The number of rotatable bonds is 3. The molecule has 0 spiro atoms. The second-order valence-electron chi connectivity index (χ2n) is 5.31. The Bertz CT molecular complexity index is 664. The number of phenols is 1. The lowest BCUT2D eigenvalue weighted by molar-refractivity contribution is 0.412. The van der Waals surface area contributed by atoms with Crippen molar-refractivity contribution in [3.8, 4) is 11.5 Å². The number of aryl methyl sites for hydroxylation is 1. The van der Waals surface area contributed by atoms with Crippen LogP contribution in [0.25, 0.3) is 0 Å². The molecule has 1 N–H and O–H groups in total. The minimum absolute atomic E-state index is 0.181. The average molecular weight is 281 g/mol. The van der Waals surface area contributed by atoms with Crippen molar-refractivity contribution in [2.24, 2.45) is 4.99 Å². The van der Waals surface area contributed by atoms with Gasteiger partial charge in [-0.1, -0.05) is 24.3 Å². The Morgan fingerprint density at radius 1 is 1.24 bits per heavy atom. The first-order valence-corrected chi connectivity index (χ1v) is 7.26. The zero-order chi connectivity index (χ0) is 14.7. The van der Waals surface area contributed by atoms with Crippen molar-refractivity contribution >= 4 is 6.21 Å². The van der Waals surface area contributed by atoms with Crippen LogP contribution in [0.2, 0.25) is 0 Å². The van der Waals surface area contributed by atoms with Gasteiger partial charge < -0.3 is 9.84 Å². The van der Waals surface area contributed by atoms with Crippen LogP contribution in [0.5, 0.6) is 11.5 Å². The van der Waals surface area contributed by atoms with E-state index in [1.807, 2.05) is 0 Å². The van der Waals surface area contributed by atoms with E-state index in [0.29, 0.717) is 5.56 Å². The minimum atomic E-state index is 0.181. The van der Waals surface area contributed by atoms with Gasteiger partial charge in [-0.25, -0.2) is 0 Å². The molecule has 1 aliphatic carbocycles. The summed E-state index contributed by atoms with van der Waals surface area (Å²) in [4.78, 5) is 4.69. The molecule has 2 aromatic rings. The first kappa shape index (κ1) is 13.7. The molecular weight excluding hydrogens is 262 g/mol.